The van der Waals surface area contributed by atoms with Crippen molar-refractivity contribution >= 4 is 5.97 Å². The Bertz CT molecular complexity index is 473. The third-order valence-electron chi connectivity index (χ3n) is 2.96. The summed E-state index contributed by atoms with van der Waals surface area (Å²) in [7, 11) is 0. The molecule has 1 heterocycles. The van der Waals surface area contributed by atoms with Crippen molar-refractivity contribution in [1.29, 1.82) is 0 Å². The van der Waals surface area contributed by atoms with Crippen LogP contribution in [0.2, 0.25) is 0 Å². The van der Waals surface area contributed by atoms with Gasteiger partial charge in [-0.25, -0.2) is 4.79 Å². The topological polar surface area (TPSA) is 70.2 Å². The zero-order chi connectivity index (χ0) is 11.0. The van der Waals surface area contributed by atoms with E-state index in [2.05, 4.69) is 4.98 Å². The van der Waals surface area contributed by atoms with E-state index in [9.17, 15) is 9.59 Å². The van der Waals surface area contributed by atoms with Crippen molar-refractivity contribution < 1.29 is 9.90 Å². The summed E-state index contributed by atoms with van der Waals surface area (Å²) in [6.07, 6.45) is 3.62. The van der Waals surface area contributed by atoms with Gasteiger partial charge in [-0.2, -0.15) is 0 Å². The molecule has 0 saturated carbocycles. The van der Waals surface area contributed by atoms with Gasteiger partial charge in [0.05, 0.1) is 0 Å². The lowest BCUT2D eigenvalue weighted by Crippen LogP contribution is -2.25. The number of H-pyrrole nitrogens is 1. The number of carboxylic acid groups (broad SMARTS) is 1. The molecule has 4 nitrogen and oxygen atoms in total. The van der Waals surface area contributed by atoms with Crippen LogP contribution in [0.5, 0.6) is 0 Å². The molecule has 0 unspecified atom stereocenters. The van der Waals surface area contributed by atoms with Crippen molar-refractivity contribution in [2.24, 2.45) is 0 Å². The van der Waals surface area contributed by atoms with E-state index >= 15 is 0 Å². The Labute approximate surface area is 87.0 Å². The maximum atomic E-state index is 11.5. The van der Waals surface area contributed by atoms with Crippen molar-refractivity contribution in [2.45, 2.75) is 32.6 Å². The van der Waals surface area contributed by atoms with Crippen LogP contribution in [0.15, 0.2) is 4.79 Å². The van der Waals surface area contributed by atoms with Gasteiger partial charge in [-0.15, -0.1) is 0 Å². The van der Waals surface area contributed by atoms with Gasteiger partial charge in [-0.3, -0.25) is 4.79 Å². The van der Waals surface area contributed by atoms with E-state index in [4.69, 9.17) is 5.11 Å². The van der Waals surface area contributed by atoms with Crippen molar-refractivity contribution in [3.8, 4) is 0 Å². The molecule has 1 aromatic rings. The number of hydrogen-bond donors (Lipinski definition) is 2. The Kier molecular flexibility index (Phi) is 2.34. The summed E-state index contributed by atoms with van der Waals surface area (Å²) in [6.45, 7) is 1.83. The molecule has 0 spiro atoms. The van der Waals surface area contributed by atoms with E-state index in [-0.39, 0.29) is 5.56 Å². The molecule has 80 valence electrons. The maximum Gasteiger partial charge on any atom is 0.341 e. The molecule has 4 heteroatoms. The largest absolute Gasteiger partial charge is 0.477 e. The fourth-order valence-electron chi connectivity index (χ4n) is 2.27. The van der Waals surface area contributed by atoms with Gasteiger partial charge in [-0.05, 0) is 43.7 Å². The van der Waals surface area contributed by atoms with E-state index in [0.29, 0.717) is 6.42 Å². The number of aromatic carboxylic acids is 1. The predicted octanol–water partition coefficient (Wildman–Crippen LogP) is 1.26. The highest BCUT2D eigenvalue weighted by Gasteiger charge is 2.22. The molecule has 2 N–H and O–H groups in total. The smallest absolute Gasteiger partial charge is 0.341 e. The van der Waals surface area contributed by atoms with Gasteiger partial charge in [0.25, 0.3) is 5.56 Å². The van der Waals surface area contributed by atoms with E-state index in [1.165, 1.54) is 0 Å². The molecule has 1 aromatic heterocycles. The number of pyridine rings is 1. The van der Waals surface area contributed by atoms with Gasteiger partial charge >= 0.3 is 5.97 Å². The molecule has 0 aromatic carbocycles. The fourth-order valence-corrected chi connectivity index (χ4v) is 2.27. The van der Waals surface area contributed by atoms with Crippen LogP contribution in [0.25, 0.3) is 0 Å². The minimum atomic E-state index is -1.12. The molecule has 15 heavy (non-hydrogen) atoms. The minimum Gasteiger partial charge on any atom is -0.477 e. The summed E-state index contributed by atoms with van der Waals surface area (Å²) < 4.78 is 0. The van der Waals surface area contributed by atoms with Crippen molar-refractivity contribution in [3.05, 3.63) is 32.7 Å². The molecular formula is C11H13NO3. The third-order valence-corrected chi connectivity index (χ3v) is 2.96. The zero-order valence-corrected chi connectivity index (χ0v) is 8.59. The number of hydrogen-bond acceptors (Lipinski definition) is 2. The summed E-state index contributed by atoms with van der Waals surface area (Å²) in [5.41, 5.74) is 2.06. The first kappa shape index (κ1) is 9.96. The summed E-state index contributed by atoms with van der Waals surface area (Å²) in [5, 5.41) is 8.99. The second kappa shape index (κ2) is 3.53. The van der Waals surface area contributed by atoms with E-state index in [1.54, 1.807) is 0 Å². The number of rotatable bonds is 1. The second-order valence-electron chi connectivity index (χ2n) is 3.92. The number of aryl methyl sites for hydroxylation is 1. The first-order chi connectivity index (χ1) is 7.11. The van der Waals surface area contributed by atoms with Crippen LogP contribution in [-0.2, 0) is 12.8 Å². The number of aromatic amines is 1. The summed E-state index contributed by atoms with van der Waals surface area (Å²) >= 11 is 0. The molecular weight excluding hydrogens is 194 g/mol. The number of aromatic nitrogens is 1. The van der Waals surface area contributed by atoms with Crippen LogP contribution in [0.3, 0.4) is 0 Å². The Balaban J connectivity index is 2.74. The lowest BCUT2D eigenvalue weighted by Gasteiger charge is -2.19. The number of carbonyl (C=O) groups is 1. The fraction of sp³-hybridized carbons (Fsp3) is 0.455. The Morgan fingerprint density at radius 1 is 1.27 bits per heavy atom. The number of nitrogens with one attached hydrogen (secondary N) is 1. The highest BCUT2D eigenvalue weighted by molar-refractivity contribution is 5.89. The van der Waals surface area contributed by atoms with Gasteiger partial charge in [0.2, 0.25) is 0 Å². The SMILES string of the molecule is Cc1[nH]c(=O)c(C(=O)O)c2c1CCCC2. The lowest BCUT2D eigenvalue weighted by atomic mass is 9.88. The van der Waals surface area contributed by atoms with Gasteiger partial charge in [-0.1, -0.05) is 0 Å². The zero-order valence-electron chi connectivity index (χ0n) is 8.59. The van der Waals surface area contributed by atoms with Crippen LogP contribution in [0.1, 0.15) is 40.0 Å². The van der Waals surface area contributed by atoms with E-state index in [0.717, 1.165) is 36.1 Å². The van der Waals surface area contributed by atoms with Crippen LogP contribution in [-0.4, -0.2) is 16.1 Å². The van der Waals surface area contributed by atoms with E-state index < -0.39 is 11.5 Å². The Morgan fingerprint density at radius 2 is 1.87 bits per heavy atom. The van der Waals surface area contributed by atoms with Crippen LogP contribution >= 0.6 is 0 Å². The Hall–Kier alpha value is -1.58. The van der Waals surface area contributed by atoms with Gasteiger partial charge < -0.3 is 10.1 Å². The van der Waals surface area contributed by atoms with Crippen LogP contribution < -0.4 is 5.56 Å². The number of carboxylic acids is 1. The highest BCUT2D eigenvalue weighted by Crippen LogP contribution is 2.24. The van der Waals surface area contributed by atoms with Gasteiger partial charge in [0.1, 0.15) is 5.56 Å². The van der Waals surface area contributed by atoms with Crippen molar-refractivity contribution in [1.82, 2.24) is 4.98 Å². The highest BCUT2D eigenvalue weighted by atomic mass is 16.4. The molecule has 0 atom stereocenters. The standard InChI is InChI=1S/C11H13NO3/c1-6-7-4-2-3-5-8(7)9(11(14)15)10(13)12-6/h2-5H2,1H3,(H,12,13)(H,14,15). The first-order valence-corrected chi connectivity index (χ1v) is 5.09. The summed E-state index contributed by atoms with van der Waals surface area (Å²) in [6, 6.07) is 0. The summed E-state index contributed by atoms with van der Waals surface area (Å²) in [4.78, 5) is 25.1. The summed E-state index contributed by atoms with van der Waals surface area (Å²) in [5.74, 6) is -1.12. The molecule has 1 aliphatic carbocycles. The average Bonchev–Trinajstić information content (AvgIpc) is 2.17. The molecule has 0 saturated heterocycles. The van der Waals surface area contributed by atoms with E-state index in [1.807, 2.05) is 6.92 Å². The maximum absolute atomic E-state index is 11.5. The molecule has 0 amide bonds. The average molecular weight is 207 g/mol. The molecule has 0 bridgehead atoms. The number of fused-ring (bicyclic) bond motifs is 1. The normalized spacial score (nSPS) is 14.7. The van der Waals surface area contributed by atoms with Crippen molar-refractivity contribution in [2.75, 3.05) is 0 Å². The molecule has 0 aliphatic heterocycles. The lowest BCUT2D eigenvalue weighted by molar-refractivity contribution is 0.0693. The van der Waals surface area contributed by atoms with Crippen molar-refractivity contribution in [3.63, 3.8) is 0 Å². The molecule has 0 fully saturated rings. The van der Waals surface area contributed by atoms with Gasteiger partial charge in [0, 0.05) is 5.69 Å². The monoisotopic (exact) mass is 207 g/mol. The third kappa shape index (κ3) is 1.56. The second-order valence-corrected chi connectivity index (χ2v) is 3.92. The van der Waals surface area contributed by atoms with Gasteiger partial charge in [0.15, 0.2) is 0 Å². The Morgan fingerprint density at radius 3 is 2.47 bits per heavy atom. The quantitative estimate of drug-likeness (QED) is 0.728. The van der Waals surface area contributed by atoms with Crippen LogP contribution in [0, 0.1) is 6.92 Å². The van der Waals surface area contributed by atoms with Crippen LogP contribution in [0.4, 0.5) is 0 Å². The minimum absolute atomic E-state index is 0.0599. The molecule has 1 aliphatic rings. The first-order valence-electron chi connectivity index (χ1n) is 5.09. The predicted molar refractivity (Wildman–Crippen MR) is 55.4 cm³/mol. The molecule has 0 radical (unpaired) electrons. The molecule has 2 rings (SSSR count).